The van der Waals surface area contributed by atoms with E-state index >= 15 is 0 Å². The first-order valence-electron chi connectivity index (χ1n) is 8.84. The summed E-state index contributed by atoms with van der Waals surface area (Å²) in [6.07, 6.45) is -5.03. The smallest absolute Gasteiger partial charge is 0.387 e. The number of nitrogens with two attached hydrogens (primary N) is 1. The number of hydrogen-bond donors (Lipinski definition) is 4. The molecule has 2 aromatic heterocycles. The van der Waals surface area contributed by atoms with Crippen LogP contribution in [0.4, 0.5) is 5.82 Å². The van der Waals surface area contributed by atoms with Crippen LogP contribution in [0, 0.1) is 0 Å². The van der Waals surface area contributed by atoms with E-state index in [1.54, 1.807) is 0 Å². The van der Waals surface area contributed by atoms with Gasteiger partial charge in [-0.05, 0) is 11.8 Å². The number of fused-ring (bicyclic) bond motifs is 1. The van der Waals surface area contributed by atoms with Gasteiger partial charge in [0.2, 0.25) is 5.78 Å². The number of ether oxygens (including phenoxy) is 1. The van der Waals surface area contributed by atoms with Gasteiger partial charge in [0.15, 0.2) is 32.7 Å². The molecule has 1 fully saturated rings. The lowest BCUT2D eigenvalue weighted by molar-refractivity contribution is -0.139. The monoisotopic (exact) mass is 601 g/mol. The number of halogens is 1. The third kappa shape index (κ3) is 5.68. The highest BCUT2D eigenvalue weighted by atomic mass is 79.9. The Morgan fingerprint density at radius 3 is 2.62 bits per heavy atom. The Hall–Kier alpha value is -1.85. The summed E-state index contributed by atoms with van der Waals surface area (Å²) in [5.74, 6) is -2.42. The molecule has 182 valence electrons. The van der Waals surface area contributed by atoms with E-state index in [9.17, 15) is 33.7 Å². The molecule has 20 heteroatoms. The Bertz CT molecular complexity index is 1180. The fourth-order valence-electron chi connectivity index (χ4n) is 2.81. The van der Waals surface area contributed by atoms with Gasteiger partial charge in [0, 0.05) is 9.13 Å². The zero-order valence-electron chi connectivity index (χ0n) is 16.5. The number of aliphatic hydroxyl groups excluding tert-OH is 2. The topological polar surface area (TPSA) is 243 Å². The number of aromatic nitrogens is 4. The van der Waals surface area contributed by atoms with Crippen LogP contribution in [0.3, 0.4) is 0 Å². The Morgan fingerprint density at radius 1 is 1.26 bits per heavy atom. The van der Waals surface area contributed by atoms with E-state index in [1.165, 1.54) is 0 Å². The molecule has 5 N–H and O–H groups in total. The minimum Gasteiger partial charge on any atom is -0.387 e. The van der Waals surface area contributed by atoms with Gasteiger partial charge in [-0.25, -0.2) is 15.0 Å². The van der Waals surface area contributed by atoms with Gasteiger partial charge in [-0.1, -0.05) is 15.9 Å². The summed E-state index contributed by atoms with van der Waals surface area (Å²) in [5.41, 5.74) is 5.74. The molecule has 0 radical (unpaired) electrons. The van der Waals surface area contributed by atoms with E-state index in [0.29, 0.717) is 0 Å². The number of Topliss-reactive ketones (excluding diaryl/α,β-unsaturated/α-hetero) is 2. The van der Waals surface area contributed by atoms with E-state index in [2.05, 4.69) is 35.2 Å². The number of hydrogen-bond acceptors (Lipinski definition) is 15. The third-order valence-electron chi connectivity index (χ3n) is 4.29. The lowest BCUT2D eigenvalue weighted by Crippen LogP contribution is -2.33. The lowest BCUT2D eigenvalue weighted by atomic mass is 10.1. The highest BCUT2D eigenvalue weighted by Gasteiger charge is 2.48. The van der Waals surface area contributed by atoms with Crippen molar-refractivity contribution in [3.63, 3.8) is 0 Å². The maximum Gasteiger partial charge on any atom is 0.747 e. The molecule has 0 aromatic carbocycles. The summed E-state index contributed by atoms with van der Waals surface area (Å²) in [6, 6.07) is 0. The van der Waals surface area contributed by atoms with Gasteiger partial charge in [-0.15, -0.1) is 9.42 Å². The van der Waals surface area contributed by atoms with Crippen molar-refractivity contribution in [3.05, 3.63) is 6.33 Å². The fraction of sp³-hybridized carbons (Fsp3) is 0.429. The molecule has 1 aliphatic rings. The van der Waals surface area contributed by atoms with Crippen molar-refractivity contribution < 1.29 is 52.2 Å². The predicted molar refractivity (Wildman–Crippen MR) is 115 cm³/mol. The number of aliphatic hydroxyl groups is 2. The highest BCUT2D eigenvalue weighted by molar-refractivity contribution is 9.09. The van der Waals surface area contributed by atoms with Crippen molar-refractivity contribution in [1.82, 2.24) is 19.5 Å². The van der Waals surface area contributed by atoms with Crippen LogP contribution in [0.25, 0.3) is 11.2 Å². The highest BCUT2D eigenvalue weighted by Crippen LogP contribution is 2.40. The normalized spacial score (nSPS) is 23.2. The van der Waals surface area contributed by atoms with Crippen molar-refractivity contribution in [2.75, 3.05) is 17.7 Å². The molecule has 16 nitrogen and oxygen atoms in total. The van der Waals surface area contributed by atoms with Crippen LogP contribution in [-0.2, 0) is 37.1 Å². The molecule has 0 aliphatic carbocycles. The van der Waals surface area contributed by atoms with E-state index in [0.717, 1.165) is 10.9 Å². The van der Waals surface area contributed by atoms with Gasteiger partial charge in [0.25, 0.3) is 10.9 Å². The zero-order valence-corrected chi connectivity index (χ0v) is 20.6. The van der Waals surface area contributed by atoms with Crippen molar-refractivity contribution in [1.29, 1.82) is 0 Å². The maximum absolute atomic E-state index is 12.3. The molecule has 3 rings (SSSR count). The van der Waals surface area contributed by atoms with Crippen LogP contribution in [0.2, 0.25) is 0 Å². The molecule has 6 atom stereocenters. The second-order valence-electron chi connectivity index (χ2n) is 6.36. The molecule has 0 amide bonds. The number of carbonyl (C=O) groups is 3. The molecule has 3 heterocycles. The van der Waals surface area contributed by atoms with Crippen LogP contribution in [0.5, 0.6) is 0 Å². The summed E-state index contributed by atoms with van der Waals surface area (Å²) in [6.45, 7) is -0.628. The number of ketones is 2. The Kier molecular flexibility index (Phi) is 8.86. The van der Waals surface area contributed by atoms with Crippen LogP contribution in [0.15, 0.2) is 11.5 Å². The number of nitrogens with zero attached hydrogens (tertiary/aromatic N) is 4. The van der Waals surface area contributed by atoms with E-state index < -0.39 is 64.3 Å². The summed E-state index contributed by atoms with van der Waals surface area (Å²) in [4.78, 5) is 56.3. The second kappa shape index (κ2) is 11.3. The maximum atomic E-state index is 12.3. The standard InChI is InChI=1S/C14H13BrN5O11P2S/c15-1-4(21)7(22)13(25)34-14-19-6-10(16)17-3-18-11(6)20(14)12-9(24)8(23)5(30-12)2-29-33(28)31-32(26)27/h3,5,8-9,12,23-24H,1-2H2,(H2-,16,17,18,26,27)/q+1/p+1. The number of imidazole rings is 1. The number of carbonyl (C=O) groups excluding carboxylic acids is 3. The summed E-state index contributed by atoms with van der Waals surface area (Å²) in [5, 5.41) is 19.1. The Labute approximate surface area is 203 Å². The van der Waals surface area contributed by atoms with Gasteiger partial charge in [-0.2, -0.15) is 0 Å². The average Bonchev–Trinajstić information content (AvgIpc) is 3.28. The lowest BCUT2D eigenvalue weighted by Gasteiger charge is -2.18. The average molecular weight is 602 g/mol. The second-order valence-corrected chi connectivity index (χ2v) is 9.69. The number of thioether (sulfide) groups is 1. The summed E-state index contributed by atoms with van der Waals surface area (Å²) >= 11 is 3.03. The molecule has 0 spiro atoms. The van der Waals surface area contributed by atoms with Crippen molar-refractivity contribution in [2.45, 2.75) is 29.7 Å². The van der Waals surface area contributed by atoms with Gasteiger partial charge in [0.05, 0.1) is 5.33 Å². The molecule has 6 unspecified atom stereocenters. The molecule has 0 bridgehead atoms. The molecule has 2 aromatic rings. The first kappa shape index (κ1) is 26.7. The number of anilines is 1. The summed E-state index contributed by atoms with van der Waals surface area (Å²) < 4.78 is 37.4. The van der Waals surface area contributed by atoms with Gasteiger partial charge < -0.3 is 20.7 Å². The predicted octanol–water partition coefficient (Wildman–Crippen LogP) is -0.480. The van der Waals surface area contributed by atoms with E-state index in [-0.39, 0.29) is 39.2 Å². The fourth-order valence-corrected chi connectivity index (χ4v) is 4.77. The first-order valence-corrected chi connectivity index (χ1v) is 13.0. The molecule has 34 heavy (non-hydrogen) atoms. The minimum absolute atomic E-state index is 0.0229. The van der Waals surface area contributed by atoms with Crippen molar-refractivity contribution >= 4 is 77.9 Å². The molecular formula is C14H14BrN5O11P2S+2. The molecule has 1 aliphatic heterocycles. The number of rotatable bonds is 10. The largest absolute Gasteiger partial charge is 0.747 e. The van der Waals surface area contributed by atoms with Crippen LogP contribution >= 0.6 is 44.2 Å². The van der Waals surface area contributed by atoms with Crippen LogP contribution in [0.1, 0.15) is 6.23 Å². The first-order chi connectivity index (χ1) is 16.0. The third-order valence-corrected chi connectivity index (χ3v) is 7.09. The molecule has 1 saturated heterocycles. The van der Waals surface area contributed by atoms with E-state index in [1.807, 2.05) is 0 Å². The number of nitrogen functional groups attached to an aromatic ring is 1. The zero-order chi connectivity index (χ0) is 25.2. The van der Waals surface area contributed by atoms with Crippen LogP contribution < -0.4 is 5.73 Å². The van der Waals surface area contributed by atoms with Crippen molar-refractivity contribution in [2.24, 2.45) is 0 Å². The van der Waals surface area contributed by atoms with Gasteiger partial charge in [0.1, 0.15) is 31.2 Å². The Balaban J connectivity index is 1.92. The Morgan fingerprint density at radius 2 is 1.97 bits per heavy atom. The van der Waals surface area contributed by atoms with Crippen LogP contribution in [-0.4, -0.2) is 81.6 Å². The summed E-state index contributed by atoms with van der Waals surface area (Å²) in [7, 11) is -6.24. The quantitative estimate of drug-likeness (QED) is 0.0882. The minimum atomic E-state index is -3.21. The molecule has 0 saturated carbocycles. The SMILES string of the molecule is Nc1ncnc2c1nc(SC(=O)C(=O)C(=O)CBr)n2C1OC(CO[P+](=O)O[P+](=O)O)C(O)C1O. The van der Waals surface area contributed by atoms with E-state index in [4.69, 9.17) is 19.9 Å². The van der Waals surface area contributed by atoms with Gasteiger partial charge in [-0.3, -0.25) is 19.0 Å². The van der Waals surface area contributed by atoms with Gasteiger partial charge >= 0.3 is 16.5 Å². The molecular weight excluding hydrogens is 588 g/mol. The number of alkyl halides is 1. The van der Waals surface area contributed by atoms with Crippen molar-refractivity contribution in [3.8, 4) is 0 Å².